The summed E-state index contributed by atoms with van der Waals surface area (Å²) in [4.78, 5) is 14.1. The molecule has 0 saturated carbocycles. The van der Waals surface area contributed by atoms with E-state index >= 15 is 0 Å². The number of carbonyl (C=O) groups is 1. The van der Waals surface area contributed by atoms with Crippen LogP contribution in [0.3, 0.4) is 0 Å². The number of rotatable bonds is 4. The van der Waals surface area contributed by atoms with E-state index in [4.69, 9.17) is 18.9 Å². The highest BCUT2D eigenvalue weighted by Crippen LogP contribution is 2.30. The van der Waals surface area contributed by atoms with Crippen molar-refractivity contribution in [2.75, 3.05) is 20.3 Å². The van der Waals surface area contributed by atoms with Gasteiger partial charge in [-0.05, 0) is 58.9 Å². The van der Waals surface area contributed by atoms with Crippen molar-refractivity contribution in [2.24, 2.45) is 0 Å². The average Bonchev–Trinajstić information content (AvgIpc) is 2.78. The second-order valence-electron chi connectivity index (χ2n) is 7.25. The van der Waals surface area contributed by atoms with Gasteiger partial charge >= 0.3 is 6.09 Å². The van der Waals surface area contributed by atoms with E-state index < -0.39 is 17.4 Å². The van der Waals surface area contributed by atoms with Gasteiger partial charge in [-0.1, -0.05) is 0 Å². The van der Waals surface area contributed by atoms with Crippen LogP contribution in [0.2, 0.25) is 0 Å². The average molecular weight is 337 g/mol. The fourth-order valence-electron chi connectivity index (χ4n) is 2.55. The number of nitrogens with zero attached hydrogens (tertiary/aromatic N) is 1. The van der Waals surface area contributed by atoms with Crippen molar-refractivity contribution in [1.82, 2.24) is 4.90 Å². The summed E-state index contributed by atoms with van der Waals surface area (Å²) in [6.45, 7) is 9.97. The molecule has 1 atom stereocenters. The van der Waals surface area contributed by atoms with Crippen molar-refractivity contribution >= 4 is 6.09 Å². The van der Waals surface area contributed by atoms with Gasteiger partial charge in [0.1, 0.15) is 29.4 Å². The number of hydrogen-bond donors (Lipinski definition) is 0. The summed E-state index contributed by atoms with van der Waals surface area (Å²) < 4.78 is 22.2. The predicted octanol–water partition coefficient (Wildman–Crippen LogP) is 3.45. The molecule has 6 heteroatoms. The maximum Gasteiger partial charge on any atom is 0.413 e. The van der Waals surface area contributed by atoms with Crippen molar-refractivity contribution in [3.8, 4) is 11.5 Å². The SMILES string of the molecule is COc1ccc(OC[C@@H]2COC(C)(C)N2C(=O)OC(C)(C)C)cc1. The van der Waals surface area contributed by atoms with Gasteiger partial charge < -0.3 is 18.9 Å². The van der Waals surface area contributed by atoms with Gasteiger partial charge in [-0.15, -0.1) is 0 Å². The van der Waals surface area contributed by atoms with Crippen LogP contribution in [-0.2, 0) is 9.47 Å². The van der Waals surface area contributed by atoms with E-state index in [9.17, 15) is 4.79 Å². The zero-order chi connectivity index (χ0) is 18.0. The topological polar surface area (TPSA) is 57.2 Å². The van der Waals surface area contributed by atoms with Crippen molar-refractivity contribution in [3.05, 3.63) is 24.3 Å². The monoisotopic (exact) mass is 337 g/mol. The number of ether oxygens (including phenoxy) is 4. The molecule has 1 aromatic rings. The normalized spacial score (nSPS) is 19.9. The molecule has 1 amide bonds. The number of hydrogen-bond acceptors (Lipinski definition) is 5. The van der Waals surface area contributed by atoms with E-state index in [-0.39, 0.29) is 6.04 Å². The van der Waals surface area contributed by atoms with E-state index in [1.165, 1.54) is 0 Å². The van der Waals surface area contributed by atoms with E-state index in [1.807, 2.05) is 58.9 Å². The molecule has 0 unspecified atom stereocenters. The minimum atomic E-state index is -0.726. The number of amides is 1. The van der Waals surface area contributed by atoms with Crippen molar-refractivity contribution < 1.29 is 23.7 Å². The minimum Gasteiger partial charge on any atom is -0.497 e. The maximum atomic E-state index is 12.5. The van der Waals surface area contributed by atoms with Gasteiger partial charge in [0, 0.05) is 0 Å². The predicted molar refractivity (Wildman–Crippen MR) is 90.4 cm³/mol. The third kappa shape index (κ3) is 4.54. The molecule has 0 N–H and O–H groups in total. The quantitative estimate of drug-likeness (QED) is 0.842. The standard InChI is InChI=1S/C18H27NO5/c1-17(2,3)24-16(20)19-13(12-23-18(19,4)5)11-22-15-9-7-14(21-6)8-10-15/h7-10,13H,11-12H2,1-6H3/t13-/m1/s1. The van der Waals surface area contributed by atoms with Gasteiger partial charge in [-0.25, -0.2) is 4.79 Å². The van der Waals surface area contributed by atoms with Gasteiger partial charge in [0.05, 0.1) is 19.8 Å². The molecule has 0 radical (unpaired) electrons. The highest BCUT2D eigenvalue weighted by molar-refractivity contribution is 5.69. The molecule has 24 heavy (non-hydrogen) atoms. The molecule has 0 bridgehead atoms. The highest BCUT2D eigenvalue weighted by atomic mass is 16.6. The van der Waals surface area contributed by atoms with Crippen LogP contribution in [0.1, 0.15) is 34.6 Å². The molecule has 1 aliphatic rings. The van der Waals surface area contributed by atoms with Crippen LogP contribution in [0.25, 0.3) is 0 Å². The Kier molecular flexibility index (Phi) is 5.28. The van der Waals surface area contributed by atoms with E-state index in [0.29, 0.717) is 19.0 Å². The first-order valence-electron chi connectivity index (χ1n) is 8.05. The number of methoxy groups -OCH3 is 1. The summed E-state index contributed by atoms with van der Waals surface area (Å²) in [5.41, 5.74) is -1.28. The molecule has 1 aliphatic heterocycles. The Morgan fingerprint density at radius 3 is 2.38 bits per heavy atom. The van der Waals surface area contributed by atoms with Crippen molar-refractivity contribution in [3.63, 3.8) is 0 Å². The zero-order valence-corrected chi connectivity index (χ0v) is 15.3. The second-order valence-corrected chi connectivity index (χ2v) is 7.25. The summed E-state index contributed by atoms with van der Waals surface area (Å²) >= 11 is 0. The summed E-state index contributed by atoms with van der Waals surface area (Å²) in [5.74, 6) is 1.48. The molecule has 1 heterocycles. The van der Waals surface area contributed by atoms with Crippen LogP contribution < -0.4 is 9.47 Å². The van der Waals surface area contributed by atoms with Gasteiger partial charge in [-0.3, -0.25) is 4.90 Å². The first kappa shape index (κ1) is 18.4. The molecule has 134 valence electrons. The van der Waals surface area contributed by atoms with Crippen LogP contribution in [0.5, 0.6) is 11.5 Å². The lowest BCUT2D eigenvalue weighted by molar-refractivity contribution is -0.0637. The number of benzene rings is 1. The Morgan fingerprint density at radius 1 is 1.25 bits per heavy atom. The van der Waals surface area contributed by atoms with Crippen molar-refractivity contribution in [2.45, 2.75) is 52.0 Å². The van der Waals surface area contributed by atoms with E-state index in [2.05, 4.69) is 0 Å². The fourth-order valence-corrected chi connectivity index (χ4v) is 2.55. The van der Waals surface area contributed by atoms with Gasteiger partial charge in [0.2, 0.25) is 0 Å². The molecule has 1 fully saturated rings. The summed E-state index contributed by atoms with van der Waals surface area (Å²) in [6, 6.07) is 7.11. The van der Waals surface area contributed by atoms with E-state index in [0.717, 1.165) is 5.75 Å². The van der Waals surface area contributed by atoms with E-state index in [1.54, 1.807) is 12.0 Å². The van der Waals surface area contributed by atoms with Crippen LogP contribution in [0, 0.1) is 0 Å². The van der Waals surface area contributed by atoms with Crippen LogP contribution in [-0.4, -0.2) is 48.7 Å². The molecule has 1 saturated heterocycles. The largest absolute Gasteiger partial charge is 0.497 e. The van der Waals surface area contributed by atoms with Crippen LogP contribution >= 0.6 is 0 Å². The van der Waals surface area contributed by atoms with Crippen molar-refractivity contribution in [1.29, 1.82) is 0 Å². The molecule has 1 aromatic carbocycles. The fraction of sp³-hybridized carbons (Fsp3) is 0.611. The second kappa shape index (κ2) is 6.89. The van der Waals surface area contributed by atoms with Gasteiger partial charge in [0.15, 0.2) is 0 Å². The zero-order valence-electron chi connectivity index (χ0n) is 15.3. The van der Waals surface area contributed by atoms with Crippen LogP contribution in [0.4, 0.5) is 4.79 Å². The molecular formula is C18H27NO5. The van der Waals surface area contributed by atoms with Gasteiger partial charge in [0.25, 0.3) is 0 Å². The first-order valence-corrected chi connectivity index (χ1v) is 8.05. The molecule has 0 aromatic heterocycles. The minimum absolute atomic E-state index is 0.211. The lowest BCUT2D eigenvalue weighted by Crippen LogP contribution is -2.51. The lowest BCUT2D eigenvalue weighted by Gasteiger charge is -2.35. The Morgan fingerprint density at radius 2 is 1.83 bits per heavy atom. The lowest BCUT2D eigenvalue weighted by atomic mass is 10.2. The number of carbonyl (C=O) groups excluding carboxylic acids is 1. The Balaban J connectivity index is 2.03. The molecule has 0 aliphatic carbocycles. The summed E-state index contributed by atoms with van der Waals surface area (Å²) in [6.07, 6.45) is -0.395. The highest BCUT2D eigenvalue weighted by Gasteiger charge is 2.46. The first-order chi connectivity index (χ1) is 11.1. The molecule has 2 rings (SSSR count). The Hall–Kier alpha value is -1.95. The van der Waals surface area contributed by atoms with Gasteiger partial charge in [-0.2, -0.15) is 0 Å². The Bertz CT molecular complexity index is 562. The molecular weight excluding hydrogens is 310 g/mol. The molecule has 6 nitrogen and oxygen atoms in total. The third-order valence-corrected chi connectivity index (χ3v) is 3.67. The smallest absolute Gasteiger partial charge is 0.413 e. The van der Waals surface area contributed by atoms with Crippen LogP contribution in [0.15, 0.2) is 24.3 Å². The Labute approximate surface area is 143 Å². The summed E-state index contributed by atoms with van der Waals surface area (Å²) in [7, 11) is 1.62. The third-order valence-electron chi connectivity index (χ3n) is 3.67. The molecule has 0 spiro atoms. The maximum absolute atomic E-state index is 12.5. The summed E-state index contributed by atoms with van der Waals surface area (Å²) in [5, 5.41) is 0.